The molecule has 3 rings (SSSR count). The SMILES string of the molecule is Cc1ccc(NC(=S)NC(=O)C=Cc2ccc(-c3ccc(Cl)cc3)o2)cc1Cl. The van der Waals surface area contributed by atoms with E-state index in [0.29, 0.717) is 27.3 Å². The highest BCUT2D eigenvalue weighted by atomic mass is 35.5. The van der Waals surface area contributed by atoms with Gasteiger partial charge in [-0.15, -0.1) is 0 Å². The summed E-state index contributed by atoms with van der Waals surface area (Å²) < 4.78 is 5.71. The molecule has 0 bridgehead atoms. The third-order valence-electron chi connectivity index (χ3n) is 3.82. The summed E-state index contributed by atoms with van der Waals surface area (Å²) in [5.41, 5.74) is 2.56. The number of furan rings is 1. The van der Waals surface area contributed by atoms with Crippen molar-refractivity contribution in [1.82, 2.24) is 5.32 Å². The van der Waals surface area contributed by atoms with Crippen molar-refractivity contribution < 1.29 is 9.21 Å². The quantitative estimate of drug-likeness (QED) is 0.388. The molecule has 0 unspecified atom stereocenters. The Kier molecular flexibility index (Phi) is 6.52. The minimum Gasteiger partial charge on any atom is -0.457 e. The van der Waals surface area contributed by atoms with Crippen molar-refractivity contribution in [2.24, 2.45) is 0 Å². The second kappa shape index (κ2) is 9.06. The number of anilines is 1. The maximum Gasteiger partial charge on any atom is 0.250 e. The molecule has 0 aliphatic carbocycles. The van der Waals surface area contributed by atoms with Gasteiger partial charge in [0.05, 0.1) is 0 Å². The van der Waals surface area contributed by atoms with E-state index in [2.05, 4.69) is 10.6 Å². The average Bonchev–Trinajstić information content (AvgIpc) is 3.12. The number of thiocarbonyl (C=S) groups is 1. The minimum absolute atomic E-state index is 0.177. The van der Waals surface area contributed by atoms with Crippen LogP contribution in [0, 0.1) is 6.92 Å². The fraction of sp³-hybridized carbons (Fsp3) is 0.0476. The van der Waals surface area contributed by atoms with Crippen LogP contribution in [0.1, 0.15) is 11.3 Å². The van der Waals surface area contributed by atoms with Gasteiger partial charge in [-0.3, -0.25) is 10.1 Å². The second-order valence-electron chi connectivity index (χ2n) is 5.95. The molecule has 1 aromatic heterocycles. The van der Waals surface area contributed by atoms with Gasteiger partial charge in [0.1, 0.15) is 11.5 Å². The standard InChI is InChI=1S/C21H16Cl2N2O2S/c1-13-2-7-16(12-18(13)23)24-21(28)25-20(26)11-9-17-8-10-19(27-17)14-3-5-15(22)6-4-14/h2-12H,1H3,(H2,24,25,26,28). The molecule has 3 aromatic rings. The van der Waals surface area contributed by atoms with Crippen LogP contribution in [-0.4, -0.2) is 11.0 Å². The molecular weight excluding hydrogens is 415 g/mol. The molecule has 28 heavy (non-hydrogen) atoms. The molecule has 7 heteroatoms. The van der Waals surface area contributed by atoms with E-state index in [9.17, 15) is 4.79 Å². The zero-order valence-electron chi connectivity index (χ0n) is 14.8. The van der Waals surface area contributed by atoms with Crippen LogP contribution in [0.3, 0.4) is 0 Å². The van der Waals surface area contributed by atoms with Crippen LogP contribution in [0.2, 0.25) is 10.0 Å². The van der Waals surface area contributed by atoms with E-state index in [1.807, 2.05) is 37.3 Å². The van der Waals surface area contributed by atoms with Crippen molar-refractivity contribution >= 4 is 58.2 Å². The van der Waals surface area contributed by atoms with E-state index in [4.69, 9.17) is 39.8 Å². The Bertz CT molecular complexity index is 1040. The van der Waals surface area contributed by atoms with Gasteiger partial charge in [-0.1, -0.05) is 29.3 Å². The van der Waals surface area contributed by atoms with Crippen LogP contribution in [0.25, 0.3) is 17.4 Å². The number of hydrogen-bond acceptors (Lipinski definition) is 3. The fourth-order valence-electron chi connectivity index (χ4n) is 2.36. The first-order valence-electron chi connectivity index (χ1n) is 8.33. The molecular formula is C21H16Cl2N2O2S. The zero-order chi connectivity index (χ0) is 20.1. The summed E-state index contributed by atoms with van der Waals surface area (Å²) >= 11 is 17.1. The second-order valence-corrected chi connectivity index (χ2v) is 7.20. The summed E-state index contributed by atoms with van der Waals surface area (Å²) in [6, 6.07) is 16.3. The molecule has 4 nitrogen and oxygen atoms in total. The molecule has 0 fully saturated rings. The van der Waals surface area contributed by atoms with E-state index >= 15 is 0 Å². The van der Waals surface area contributed by atoms with Gasteiger partial charge in [-0.25, -0.2) is 0 Å². The molecule has 0 spiro atoms. The normalized spacial score (nSPS) is 10.8. The average molecular weight is 431 g/mol. The van der Waals surface area contributed by atoms with Crippen molar-refractivity contribution in [3.8, 4) is 11.3 Å². The van der Waals surface area contributed by atoms with Gasteiger partial charge in [-0.05, 0) is 79.3 Å². The Hall–Kier alpha value is -2.60. The van der Waals surface area contributed by atoms with E-state index in [1.54, 1.807) is 30.3 Å². The van der Waals surface area contributed by atoms with Crippen molar-refractivity contribution in [2.45, 2.75) is 6.92 Å². The molecule has 0 saturated carbocycles. The van der Waals surface area contributed by atoms with Gasteiger partial charge in [0.15, 0.2) is 5.11 Å². The maximum atomic E-state index is 12.0. The number of aryl methyl sites for hydroxylation is 1. The lowest BCUT2D eigenvalue weighted by Gasteiger charge is -2.09. The van der Waals surface area contributed by atoms with Gasteiger partial charge in [0.25, 0.3) is 0 Å². The molecule has 0 aliphatic rings. The fourth-order valence-corrected chi connectivity index (χ4v) is 2.88. The first kappa shape index (κ1) is 20.1. The third kappa shape index (κ3) is 5.45. The monoisotopic (exact) mass is 430 g/mol. The maximum absolute atomic E-state index is 12.0. The summed E-state index contributed by atoms with van der Waals surface area (Å²) in [6.45, 7) is 1.91. The minimum atomic E-state index is -0.375. The highest BCUT2D eigenvalue weighted by Crippen LogP contribution is 2.24. The number of benzene rings is 2. The molecule has 0 saturated heterocycles. The lowest BCUT2D eigenvalue weighted by molar-refractivity contribution is -0.115. The van der Waals surface area contributed by atoms with Crippen LogP contribution in [0.4, 0.5) is 5.69 Å². The molecule has 1 heterocycles. The molecule has 142 valence electrons. The van der Waals surface area contributed by atoms with Gasteiger partial charge in [-0.2, -0.15) is 0 Å². The molecule has 2 N–H and O–H groups in total. The van der Waals surface area contributed by atoms with E-state index in [1.165, 1.54) is 6.08 Å². The highest BCUT2D eigenvalue weighted by molar-refractivity contribution is 7.80. The first-order chi connectivity index (χ1) is 13.4. The molecule has 0 atom stereocenters. The third-order valence-corrected chi connectivity index (χ3v) is 4.68. The zero-order valence-corrected chi connectivity index (χ0v) is 17.2. The number of carbonyl (C=O) groups excluding carboxylic acids is 1. The van der Waals surface area contributed by atoms with Gasteiger partial charge in [0, 0.05) is 27.4 Å². The van der Waals surface area contributed by atoms with E-state index < -0.39 is 0 Å². The summed E-state index contributed by atoms with van der Waals surface area (Å²) in [4.78, 5) is 12.0. The molecule has 2 aromatic carbocycles. The Balaban J connectivity index is 1.57. The van der Waals surface area contributed by atoms with Gasteiger partial charge < -0.3 is 9.73 Å². The summed E-state index contributed by atoms with van der Waals surface area (Å²) in [5.74, 6) is 0.856. The van der Waals surface area contributed by atoms with Crippen molar-refractivity contribution in [3.05, 3.63) is 82.0 Å². The molecule has 0 radical (unpaired) electrons. The summed E-state index contributed by atoms with van der Waals surface area (Å²) in [7, 11) is 0. The van der Waals surface area contributed by atoms with E-state index in [0.717, 1.165) is 11.1 Å². The molecule has 0 aliphatic heterocycles. The predicted octanol–water partition coefficient (Wildman–Crippen LogP) is 6.09. The first-order valence-corrected chi connectivity index (χ1v) is 9.49. The topological polar surface area (TPSA) is 54.3 Å². The number of hydrogen-bond donors (Lipinski definition) is 2. The Morgan fingerprint density at radius 1 is 1.07 bits per heavy atom. The van der Waals surface area contributed by atoms with Gasteiger partial charge >= 0.3 is 0 Å². The van der Waals surface area contributed by atoms with Crippen LogP contribution in [0.15, 0.2) is 65.1 Å². The van der Waals surface area contributed by atoms with Crippen LogP contribution >= 0.6 is 35.4 Å². The smallest absolute Gasteiger partial charge is 0.250 e. The van der Waals surface area contributed by atoms with Crippen LogP contribution in [0.5, 0.6) is 0 Å². The van der Waals surface area contributed by atoms with Crippen molar-refractivity contribution in [1.29, 1.82) is 0 Å². The summed E-state index contributed by atoms with van der Waals surface area (Å²) in [6.07, 6.45) is 2.92. The number of nitrogens with one attached hydrogen (secondary N) is 2. The lowest BCUT2D eigenvalue weighted by atomic mass is 10.2. The highest BCUT2D eigenvalue weighted by Gasteiger charge is 2.05. The Labute approximate surface area is 178 Å². The summed E-state index contributed by atoms with van der Waals surface area (Å²) in [5, 5.41) is 6.94. The van der Waals surface area contributed by atoms with Gasteiger partial charge in [0.2, 0.25) is 5.91 Å². The Morgan fingerprint density at radius 2 is 1.82 bits per heavy atom. The largest absolute Gasteiger partial charge is 0.457 e. The number of rotatable bonds is 4. The number of amides is 1. The number of halogens is 2. The lowest BCUT2D eigenvalue weighted by Crippen LogP contribution is -2.32. The van der Waals surface area contributed by atoms with Crippen molar-refractivity contribution in [2.75, 3.05) is 5.32 Å². The molecule has 1 amide bonds. The van der Waals surface area contributed by atoms with Crippen molar-refractivity contribution in [3.63, 3.8) is 0 Å². The van der Waals surface area contributed by atoms with Crippen LogP contribution < -0.4 is 10.6 Å². The number of carbonyl (C=O) groups is 1. The van der Waals surface area contributed by atoms with Crippen LogP contribution in [-0.2, 0) is 4.79 Å². The van der Waals surface area contributed by atoms with E-state index in [-0.39, 0.29) is 11.0 Å². The Morgan fingerprint density at radius 3 is 2.54 bits per heavy atom. The predicted molar refractivity (Wildman–Crippen MR) is 119 cm³/mol.